The zero-order valence-electron chi connectivity index (χ0n) is 14.5. The van der Waals surface area contributed by atoms with Crippen LogP contribution < -0.4 is 0 Å². The third-order valence-electron chi connectivity index (χ3n) is 4.26. The summed E-state index contributed by atoms with van der Waals surface area (Å²) in [6.07, 6.45) is 2.16. The number of fused-ring (bicyclic) bond motifs is 1. The number of benzene rings is 1. The van der Waals surface area contributed by atoms with Gasteiger partial charge in [0.05, 0.1) is 12.3 Å². The van der Waals surface area contributed by atoms with Crippen LogP contribution in [0.15, 0.2) is 42.6 Å². The molecule has 0 saturated heterocycles. The molecule has 5 heteroatoms. The number of aryl methyl sites for hydroxylation is 2. The zero-order chi connectivity index (χ0) is 17.1. The highest BCUT2D eigenvalue weighted by atomic mass is 16.3. The summed E-state index contributed by atoms with van der Waals surface area (Å²) in [6.45, 7) is 5.61. The van der Waals surface area contributed by atoms with Gasteiger partial charge in [0.25, 0.3) is 0 Å². The molecule has 1 atom stereocenters. The van der Waals surface area contributed by atoms with Gasteiger partial charge in [0, 0.05) is 30.0 Å². The molecule has 3 rings (SSSR count). The molecule has 0 radical (unpaired) electrons. The fraction of sp³-hybridized carbons (Fsp3) is 0.368. The van der Waals surface area contributed by atoms with E-state index in [9.17, 15) is 5.11 Å². The van der Waals surface area contributed by atoms with Gasteiger partial charge in [-0.3, -0.25) is 0 Å². The van der Waals surface area contributed by atoms with E-state index in [2.05, 4.69) is 22.0 Å². The number of nitrogens with zero attached hydrogens (tertiary/aromatic N) is 4. The smallest absolute Gasteiger partial charge is 0.159 e. The highest BCUT2D eigenvalue weighted by Crippen LogP contribution is 2.18. The summed E-state index contributed by atoms with van der Waals surface area (Å²) in [4.78, 5) is 6.81. The molecule has 0 saturated carbocycles. The Kier molecular flexibility index (Phi) is 4.92. The molecule has 1 aromatic carbocycles. The van der Waals surface area contributed by atoms with Gasteiger partial charge in [0.1, 0.15) is 0 Å². The average molecular weight is 324 g/mol. The second-order valence-electron chi connectivity index (χ2n) is 6.40. The number of aliphatic hydroxyl groups excluding tert-OH is 1. The molecule has 0 bridgehead atoms. The van der Waals surface area contributed by atoms with Crippen LogP contribution in [0.4, 0.5) is 0 Å². The molecular formula is C19H24N4O. The summed E-state index contributed by atoms with van der Waals surface area (Å²) < 4.78 is 1.88. The molecule has 5 nitrogen and oxygen atoms in total. The van der Waals surface area contributed by atoms with Crippen LogP contribution in [0, 0.1) is 13.8 Å². The lowest BCUT2D eigenvalue weighted by Crippen LogP contribution is -2.21. The molecule has 2 heterocycles. The molecule has 0 spiro atoms. The van der Waals surface area contributed by atoms with Crippen molar-refractivity contribution in [1.82, 2.24) is 19.5 Å². The first-order chi connectivity index (χ1) is 11.5. The minimum atomic E-state index is -0.430. The summed E-state index contributed by atoms with van der Waals surface area (Å²) in [5.74, 6) is 0. The summed E-state index contributed by atoms with van der Waals surface area (Å²) >= 11 is 0. The van der Waals surface area contributed by atoms with Crippen molar-refractivity contribution in [3.8, 4) is 0 Å². The molecule has 0 aliphatic rings. The normalized spacial score (nSPS) is 12.9. The number of aromatic nitrogens is 3. The fourth-order valence-electron chi connectivity index (χ4n) is 2.98. The maximum atomic E-state index is 10.3. The molecule has 24 heavy (non-hydrogen) atoms. The Hall–Kier alpha value is -2.24. The summed E-state index contributed by atoms with van der Waals surface area (Å²) in [6, 6.07) is 11.8. The van der Waals surface area contributed by atoms with Crippen LogP contribution in [0.3, 0.4) is 0 Å². The Morgan fingerprint density at radius 2 is 1.96 bits per heavy atom. The SMILES string of the molecule is Cc1cc(C)n2ncc(CN(C)CC[C@H](O)c3ccccc3)c2n1. The van der Waals surface area contributed by atoms with Crippen molar-refractivity contribution in [1.29, 1.82) is 0 Å². The Bertz CT molecular complexity index is 813. The number of hydrogen-bond donors (Lipinski definition) is 1. The quantitative estimate of drug-likeness (QED) is 0.757. The van der Waals surface area contributed by atoms with Gasteiger partial charge in [-0.2, -0.15) is 5.10 Å². The Labute approximate surface area is 142 Å². The van der Waals surface area contributed by atoms with E-state index in [1.165, 1.54) is 0 Å². The van der Waals surface area contributed by atoms with Crippen LogP contribution in [0.1, 0.15) is 35.0 Å². The van der Waals surface area contributed by atoms with Crippen molar-refractivity contribution < 1.29 is 5.11 Å². The first-order valence-electron chi connectivity index (χ1n) is 8.27. The highest BCUT2D eigenvalue weighted by Gasteiger charge is 2.12. The van der Waals surface area contributed by atoms with Gasteiger partial charge in [-0.25, -0.2) is 9.50 Å². The van der Waals surface area contributed by atoms with Gasteiger partial charge >= 0.3 is 0 Å². The molecule has 0 aliphatic heterocycles. The van der Waals surface area contributed by atoms with Crippen LogP contribution in [-0.4, -0.2) is 38.2 Å². The highest BCUT2D eigenvalue weighted by molar-refractivity contribution is 5.47. The van der Waals surface area contributed by atoms with Gasteiger partial charge in [0.15, 0.2) is 5.65 Å². The fourth-order valence-corrected chi connectivity index (χ4v) is 2.98. The summed E-state index contributed by atoms with van der Waals surface area (Å²) in [5, 5.41) is 14.7. The van der Waals surface area contributed by atoms with E-state index >= 15 is 0 Å². The predicted octanol–water partition coefficient (Wildman–Crippen LogP) is 2.90. The average Bonchev–Trinajstić information content (AvgIpc) is 2.96. The minimum absolute atomic E-state index is 0.430. The second kappa shape index (κ2) is 7.11. The Morgan fingerprint density at radius 1 is 1.21 bits per heavy atom. The van der Waals surface area contributed by atoms with Crippen molar-refractivity contribution in [3.05, 3.63) is 65.1 Å². The summed E-state index contributed by atoms with van der Waals surface area (Å²) in [5.41, 5.74) is 5.09. The van der Waals surface area contributed by atoms with E-state index in [0.717, 1.165) is 41.3 Å². The van der Waals surface area contributed by atoms with Gasteiger partial charge in [-0.05, 0) is 38.9 Å². The molecule has 126 valence electrons. The minimum Gasteiger partial charge on any atom is -0.388 e. The lowest BCUT2D eigenvalue weighted by molar-refractivity contribution is 0.148. The molecular weight excluding hydrogens is 300 g/mol. The van der Waals surface area contributed by atoms with Crippen LogP contribution >= 0.6 is 0 Å². The van der Waals surface area contributed by atoms with Crippen molar-refractivity contribution in [2.24, 2.45) is 0 Å². The largest absolute Gasteiger partial charge is 0.388 e. The van der Waals surface area contributed by atoms with E-state index in [0.29, 0.717) is 6.42 Å². The van der Waals surface area contributed by atoms with E-state index in [1.54, 1.807) is 0 Å². The molecule has 1 N–H and O–H groups in total. The van der Waals surface area contributed by atoms with Gasteiger partial charge in [-0.15, -0.1) is 0 Å². The topological polar surface area (TPSA) is 53.7 Å². The molecule has 3 aromatic rings. The monoisotopic (exact) mass is 324 g/mol. The first-order valence-corrected chi connectivity index (χ1v) is 8.27. The molecule has 0 fully saturated rings. The van der Waals surface area contributed by atoms with E-state index in [1.807, 2.05) is 61.0 Å². The Balaban J connectivity index is 1.64. The summed E-state index contributed by atoms with van der Waals surface area (Å²) in [7, 11) is 2.06. The van der Waals surface area contributed by atoms with Crippen LogP contribution in [0.25, 0.3) is 5.65 Å². The van der Waals surface area contributed by atoms with Crippen molar-refractivity contribution in [3.63, 3.8) is 0 Å². The maximum absolute atomic E-state index is 10.3. The first kappa shape index (κ1) is 16.6. The van der Waals surface area contributed by atoms with Gasteiger partial charge < -0.3 is 10.0 Å². The molecule has 2 aromatic heterocycles. The predicted molar refractivity (Wildman–Crippen MR) is 94.8 cm³/mol. The van der Waals surface area contributed by atoms with Crippen LogP contribution in [0.5, 0.6) is 0 Å². The van der Waals surface area contributed by atoms with E-state index in [-0.39, 0.29) is 0 Å². The third kappa shape index (κ3) is 3.63. The van der Waals surface area contributed by atoms with E-state index < -0.39 is 6.10 Å². The lowest BCUT2D eigenvalue weighted by atomic mass is 10.1. The van der Waals surface area contributed by atoms with Crippen molar-refractivity contribution in [2.75, 3.05) is 13.6 Å². The third-order valence-corrected chi connectivity index (χ3v) is 4.26. The molecule has 0 amide bonds. The maximum Gasteiger partial charge on any atom is 0.159 e. The van der Waals surface area contributed by atoms with Gasteiger partial charge in [-0.1, -0.05) is 30.3 Å². The number of aliphatic hydroxyl groups is 1. The molecule has 0 unspecified atom stereocenters. The lowest BCUT2D eigenvalue weighted by Gasteiger charge is -2.18. The van der Waals surface area contributed by atoms with E-state index in [4.69, 9.17) is 0 Å². The van der Waals surface area contributed by atoms with Gasteiger partial charge in [0.2, 0.25) is 0 Å². The van der Waals surface area contributed by atoms with Crippen LogP contribution in [0.2, 0.25) is 0 Å². The number of rotatable bonds is 6. The number of hydrogen-bond acceptors (Lipinski definition) is 4. The van der Waals surface area contributed by atoms with Crippen molar-refractivity contribution >= 4 is 5.65 Å². The second-order valence-corrected chi connectivity index (χ2v) is 6.40. The molecule has 0 aliphatic carbocycles. The van der Waals surface area contributed by atoms with Crippen molar-refractivity contribution in [2.45, 2.75) is 32.9 Å². The zero-order valence-corrected chi connectivity index (χ0v) is 14.5. The van der Waals surface area contributed by atoms with Crippen LogP contribution in [-0.2, 0) is 6.54 Å². The Morgan fingerprint density at radius 3 is 2.71 bits per heavy atom. The standard InChI is InChI=1S/C19H24N4O/c1-14-11-15(2)23-19(21-14)17(12-20-23)13-22(3)10-9-18(24)16-7-5-4-6-8-16/h4-8,11-12,18,24H,9-10,13H2,1-3H3/t18-/m0/s1.